The van der Waals surface area contributed by atoms with E-state index >= 15 is 0 Å². The standard InChI is InChI=1S/C23H22N4O/c1-16-6-3-9-22(27(2)24)19(16)15-28-23-10-4-8-21(26-23)18-11-12-20-17(14-18)7-5-13-25-20/h3-14H,15,24H2,1-2H3. The fraction of sp³-hybridized carbons (Fsp3) is 0.130. The van der Waals surface area contributed by atoms with Gasteiger partial charge >= 0.3 is 0 Å². The highest BCUT2D eigenvalue weighted by atomic mass is 16.5. The predicted octanol–water partition coefficient (Wildman–Crippen LogP) is 4.49. The number of hydrogen-bond donors (Lipinski definition) is 1. The number of fused-ring (bicyclic) bond motifs is 1. The number of nitrogens with zero attached hydrogens (tertiary/aromatic N) is 3. The van der Waals surface area contributed by atoms with Gasteiger partial charge in [0.05, 0.1) is 16.9 Å². The van der Waals surface area contributed by atoms with E-state index in [-0.39, 0.29) is 0 Å². The van der Waals surface area contributed by atoms with Crippen LogP contribution >= 0.6 is 0 Å². The maximum atomic E-state index is 6.01. The Morgan fingerprint density at radius 2 is 1.86 bits per heavy atom. The molecule has 0 bridgehead atoms. The van der Waals surface area contributed by atoms with E-state index in [4.69, 9.17) is 10.6 Å². The van der Waals surface area contributed by atoms with Crippen molar-refractivity contribution in [1.82, 2.24) is 9.97 Å². The van der Waals surface area contributed by atoms with Crippen molar-refractivity contribution in [2.45, 2.75) is 13.5 Å². The maximum Gasteiger partial charge on any atom is 0.214 e. The van der Waals surface area contributed by atoms with E-state index in [9.17, 15) is 0 Å². The molecule has 4 rings (SSSR count). The second-order valence-corrected chi connectivity index (χ2v) is 6.74. The van der Waals surface area contributed by atoms with E-state index in [0.717, 1.165) is 39.0 Å². The minimum Gasteiger partial charge on any atom is -0.473 e. The monoisotopic (exact) mass is 370 g/mol. The molecule has 0 atom stereocenters. The molecule has 0 aliphatic rings. The Morgan fingerprint density at radius 1 is 1.00 bits per heavy atom. The molecule has 0 saturated carbocycles. The summed E-state index contributed by atoms with van der Waals surface area (Å²) in [5.74, 6) is 6.54. The van der Waals surface area contributed by atoms with Crippen molar-refractivity contribution in [3.05, 3.63) is 84.1 Å². The van der Waals surface area contributed by atoms with Gasteiger partial charge < -0.3 is 9.75 Å². The van der Waals surface area contributed by atoms with Crippen molar-refractivity contribution in [2.75, 3.05) is 12.1 Å². The Morgan fingerprint density at radius 3 is 2.71 bits per heavy atom. The SMILES string of the molecule is Cc1cccc(N(C)N)c1COc1cccc(-c2ccc3ncccc3c2)n1. The van der Waals surface area contributed by atoms with Crippen molar-refractivity contribution >= 4 is 16.6 Å². The maximum absolute atomic E-state index is 6.01. The summed E-state index contributed by atoms with van der Waals surface area (Å²) in [6.07, 6.45) is 1.80. The number of benzene rings is 2. The summed E-state index contributed by atoms with van der Waals surface area (Å²) in [4.78, 5) is 9.05. The van der Waals surface area contributed by atoms with Crippen LogP contribution in [0.3, 0.4) is 0 Å². The molecule has 0 aliphatic heterocycles. The van der Waals surface area contributed by atoms with Gasteiger partial charge in [-0.2, -0.15) is 0 Å². The van der Waals surface area contributed by atoms with Crippen LogP contribution in [0.25, 0.3) is 22.2 Å². The van der Waals surface area contributed by atoms with Gasteiger partial charge in [-0.05, 0) is 42.8 Å². The molecule has 2 N–H and O–H groups in total. The number of anilines is 1. The van der Waals surface area contributed by atoms with Gasteiger partial charge in [0.1, 0.15) is 6.61 Å². The lowest BCUT2D eigenvalue weighted by Gasteiger charge is -2.19. The zero-order valence-corrected chi connectivity index (χ0v) is 16.0. The van der Waals surface area contributed by atoms with Crippen LogP contribution in [0.5, 0.6) is 5.88 Å². The van der Waals surface area contributed by atoms with Gasteiger partial charge in [-0.25, -0.2) is 10.8 Å². The number of hydrogen-bond acceptors (Lipinski definition) is 5. The molecule has 28 heavy (non-hydrogen) atoms. The first-order chi connectivity index (χ1) is 13.6. The number of pyridine rings is 2. The first kappa shape index (κ1) is 17.9. The topological polar surface area (TPSA) is 64.3 Å². The fourth-order valence-corrected chi connectivity index (χ4v) is 3.24. The average molecular weight is 370 g/mol. The van der Waals surface area contributed by atoms with Crippen LogP contribution in [-0.2, 0) is 6.61 Å². The average Bonchev–Trinajstić information content (AvgIpc) is 2.72. The van der Waals surface area contributed by atoms with Crippen molar-refractivity contribution in [1.29, 1.82) is 0 Å². The molecule has 2 heterocycles. The molecule has 0 unspecified atom stereocenters. The molecule has 0 spiro atoms. The smallest absolute Gasteiger partial charge is 0.214 e. The number of aryl methyl sites for hydroxylation is 1. The van der Waals surface area contributed by atoms with Crippen molar-refractivity contribution in [3.8, 4) is 17.1 Å². The van der Waals surface area contributed by atoms with Crippen LogP contribution in [0.2, 0.25) is 0 Å². The van der Waals surface area contributed by atoms with E-state index < -0.39 is 0 Å². The Bertz CT molecular complexity index is 1120. The molecule has 0 amide bonds. The van der Waals surface area contributed by atoms with Crippen molar-refractivity contribution < 1.29 is 4.74 Å². The highest BCUT2D eigenvalue weighted by Crippen LogP contribution is 2.26. The van der Waals surface area contributed by atoms with Gasteiger partial charge in [0, 0.05) is 35.8 Å². The first-order valence-electron chi connectivity index (χ1n) is 9.14. The third-order valence-electron chi connectivity index (χ3n) is 4.75. The molecule has 2 aromatic carbocycles. The second kappa shape index (κ2) is 7.66. The van der Waals surface area contributed by atoms with Crippen LogP contribution < -0.4 is 15.6 Å². The third-order valence-corrected chi connectivity index (χ3v) is 4.75. The summed E-state index contributed by atoms with van der Waals surface area (Å²) in [6.45, 7) is 2.46. The Kier molecular flexibility index (Phi) is 4.91. The minimum absolute atomic E-state index is 0.404. The largest absolute Gasteiger partial charge is 0.473 e. The number of aromatic nitrogens is 2. The van der Waals surface area contributed by atoms with Gasteiger partial charge in [-0.3, -0.25) is 4.98 Å². The van der Waals surface area contributed by atoms with Gasteiger partial charge in [0.25, 0.3) is 0 Å². The second-order valence-electron chi connectivity index (χ2n) is 6.74. The summed E-state index contributed by atoms with van der Waals surface area (Å²) in [6, 6.07) is 22.0. The highest BCUT2D eigenvalue weighted by molar-refractivity contribution is 5.83. The number of ether oxygens (including phenoxy) is 1. The van der Waals surface area contributed by atoms with Crippen molar-refractivity contribution in [3.63, 3.8) is 0 Å². The zero-order chi connectivity index (χ0) is 19.5. The van der Waals surface area contributed by atoms with Crippen LogP contribution in [0.4, 0.5) is 5.69 Å². The highest BCUT2D eigenvalue weighted by Gasteiger charge is 2.10. The Balaban J connectivity index is 1.59. The minimum atomic E-state index is 0.404. The molecule has 2 aromatic heterocycles. The zero-order valence-electron chi connectivity index (χ0n) is 16.0. The number of rotatable bonds is 5. The summed E-state index contributed by atoms with van der Waals surface area (Å²) >= 11 is 0. The number of hydrazine groups is 1. The first-order valence-corrected chi connectivity index (χ1v) is 9.14. The molecule has 0 fully saturated rings. The molecule has 140 valence electrons. The lowest BCUT2D eigenvalue weighted by molar-refractivity contribution is 0.294. The molecular weight excluding hydrogens is 348 g/mol. The molecular formula is C23H22N4O. The number of nitrogens with two attached hydrogens (primary N) is 1. The Labute approximate surface area is 164 Å². The van der Waals surface area contributed by atoms with Gasteiger partial charge in [0.15, 0.2) is 0 Å². The summed E-state index contributed by atoms with van der Waals surface area (Å²) in [5.41, 5.74) is 5.99. The normalized spacial score (nSPS) is 10.8. The van der Waals surface area contributed by atoms with Crippen LogP contribution in [0.1, 0.15) is 11.1 Å². The molecule has 0 radical (unpaired) electrons. The molecule has 0 aliphatic carbocycles. The van der Waals surface area contributed by atoms with Gasteiger partial charge in [0.2, 0.25) is 5.88 Å². The van der Waals surface area contributed by atoms with E-state index in [1.807, 2.05) is 55.6 Å². The summed E-state index contributed by atoms with van der Waals surface area (Å²) < 4.78 is 6.01. The van der Waals surface area contributed by atoms with E-state index in [1.54, 1.807) is 11.2 Å². The van der Waals surface area contributed by atoms with Crippen LogP contribution in [-0.4, -0.2) is 17.0 Å². The Hall–Kier alpha value is -3.44. The lowest BCUT2D eigenvalue weighted by atomic mass is 10.1. The fourth-order valence-electron chi connectivity index (χ4n) is 3.24. The summed E-state index contributed by atoms with van der Waals surface area (Å²) in [5, 5.41) is 2.70. The van der Waals surface area contributed by atoms with Gasteiger partial charge in [-0.1, -0.05) is 30.3 Å². The van der Waals surface area contributed by atoms with Crippen LogP contribution in [0.15, 0.2) is 72.9 Å². The van der Waals surface area contributed by atoms with Gasteiger partial charge in [-0.15, -0.1) is 0 Å². The molecule has 0 saturated heterocycles. The van der Waals surface area contributed by atoms with E-state index in [1.165, 1.54) is 0 Å². The van der Waals surface area contributed by atoms with Crippen LogP contribution in [0, 0.1) is 6.92 Å². The van der Waals surface area contributed by atoms with Crippen molar-refractivity contribution in [2.24, 2.45) is 5.84 Å². The summed E-state index contributed by atoms with van der Waals surface area (Å²) in [7, 11) is 1.83. The lowest BCUT2D eigenvalue weighted by Crippen LogP contribution is -2.26. The van der Waals surface area contributed by atoms with E-state index in [2.05, 4.69) is 35.1 Å². The molecule has 5 nitrogen and oxygen atoms in total. The third kappa shape index (κ3) is 3.66. The predicted molar refractivity (Wildman–Crippen MR) is 113 cm³/mol. The quantitative estimate of drug-likeness (QED) is 0.414. The molecule has 5 heteroatoms. The molecule has 4 aromatic rings. The van der Waals surface area contributed by atoms with E-state index in [0.29, 0.717) is 12.5 Å².